The van der Waals surface area contributed by atoms with Crippen molar-refractivity contribution in [2.75, 3.05) is 48.3 Å². The summed E-state index contributed by atoms with van der Waals surface area (Å²) in [5, 5.41) is 0. The molecule has 11 nitrogen and oxygen atoms in total. The maximum absolute atomic E-state index is 12.2. The highest BCUT2D eigenvalue weighted by Crippen LogP contribution is 2.33. The van der Waals surface area contributed by atoms with E-state index in [1.165, 1.54) is 38.2 Å². The molecule has 4 atom stereocenters. The second-order valence-corrected chi connectivity index (χ2v) is 5.44. The van der Waals surface area contributed by atoms with Crippen LogP contribution in [0, 0.1) is 0 Å². The Morgan fingerprint density at radius 2 is 1.69 bits per heavy atom. The average molecular weight is 376 g/mol. The maximum Gasteiger partial charge on any atom is 0.330 e. The second-order valence-electron chi connectivity index (χ2n) is 5.44. The Bertz CT molecular complexity index is 646. The molecule has 0 aromatic carbocycles. The number of nitrogens with zero attached hydrogens (tertiary/aromatic N) is 1. The Labute approximate surface area is 149 Å². The molecule has 0 amide bonds. The van der Waals surface area contributed by atoms with E-state index >= 15 is 0 Å². The van der Waals surface area contributed by atoms with E-state index < -0.39 is 35.8 Å². The molecule has 11 heteroatoms. The van der Waals surface area contributed by atoms with Gasteiger partial charge in [0.1, 0.15) is 38.7 Å². The van der Waals surface area contributed by atoms with Crippen LogP contribution in [0.25, 0.3) is 0 Å². The molecule has 1 aliphatic rings. The molecule has 1 aliphatic heterocycles. The largest absolute Gasteiger partial charge is 0.359 e. The summed E-state index contributed by atoms with van der Waals surface area (Å²) in [6.45, 7) is 0.170. The minimum atomic E-state index is -0.854. The minimum absolute atomic E-state index is 0.00507. The van der Waals surface area contributed by atoms with Gasteiger partial charge in [0.2, 0.25) is 0 Å². The van der Waals surface area contributed by atoms with Gasteiger partial charge in [0.15, 0.2) is 6.23 Å². The van der Waals surface area contributed by atoms with Crippen molar-refractivity contribution < 1.29 is 33.2 Å². The van der Waals surface area contributed by atoms with Crippen molar-refractivity contribution in [1.82, 2.24) is 9.55 Å². The lowest BCUT2D eigenvalue weighted by atomic mass is 10.1. The summed E-state index contributed by atoms with van der Waals surface area (Å²) in [4.78, 5) is 25.7. The molecule has 148 valence electrons. The summed E-state index contributed by atoms with van der Waals surface area (Å²) < 4.78 is 38.7. The fraction of sp³-hybridized carbons (Fsp3) is 0.733. The molecule has 0 aliphatic carbocycles. The van der Waals surface area contributed by atoms with E-state index in [4.69, 9.17) is 33.2 Å². The summed E-state index contributed by atoms with van der Waals surface area (Å²) in [6.07, 6.45) is -1.39. The molecule has 0 saturated carbocycles. The van der Waals surface area contributed by atoms with Gasteiger partial charge in [0.25, 0.3) is 5.56 Å². The standard InChI is InChI=1S/C15H24N2O9/c1-20-7-23-6-10-12(24-8-21-2)13(25-9-22-3)14(26-10)17-5-4-11(18)16-15(17)19/h4-5,10,12-14H,6-9H2,1-3H3,(H,16,18,19)/t10-,12-,13-,14-/m1/s1. The van der Waals surface area contributed by atoms with E-state index in [0.29, 0.717) is 0 Å². The van der Waals surface area contributed by atoms with E-state index in [2.05, 4.69) is 4.98 Å². The Morgan fingerprint density at radius 1 is 1.04 bits per heavy atom. The summed E-state index contributed by atoms with van der Waals surface area (Å²) in [6, 6.07) is 1.22. The average Bonchev–Trinajstić information content (AvgIpc) is 2.95. The molecule has 26 heavy (non-hydrogen) atoms. The van der Waals surface area contributed by atoms with Crippen LogP contribution in [0.4, 0.5) is 0 Å². The van der Waals surface area contributed by atoms with Crippen LogP contribution in [0.2, 0.25) is 0 Å². The van der Waals surface area contributed by atoms with Gasteiger partial charge in [-0.05, 0) is 0 Å². The molecule has 1 aromatic heterocycles. The van der Waals surface area contributed by atoms with Gasteiger partial charge in [-0.25, -0.2) is 4.79 Å². The zero-order valence-electron chi connectivity index (χ0n) is 14.9. The van der Waals surface area contributed by atoms with E-state index in [1.807, 2.05) is 0 Å². The topological polar surface area (TPSA) is 119 Å². The molecule has 0 unspecified atom stereocenters. The third-order valence-corrected chi connectivity index (χ3v) is 3.65. The van der Waals surface area contributed by atoms with Gasteiger partial charge in [0, 0.05) is 33.6 Å². The van der Waals surface area contributed by atoms with E-state index in [9.17, 15) is 9.59 Å². The first-order valence-electron chi connectivity index (χ1n) is 7.87. The van der Waals surface area contributed by atoms with Crippen LogP contribution in [0.5, 0.6) is 0 Å². The van der Waals surface area contributed by atoms with E-state index in [1.54, 1.807) is 0 Å². The van der Waals surface area contributed by atoms with Gasteiger partial charge in [-0.2, -0.15) is 0 Å². The van der Waals surface area contributed by atoms with Crippen molar-refractivity contribution in [1.29, 1.82) is 0 Å². The minimum Gasteiger partial charge on any atom is -0.359 e. The normalized spacial score (nSPS) is 25.7. The number of nitrogens with one attached hydrogen (secondary N) is 1. The van der Waals surface area contributed by atoms with Crippen LogP contribution in [0.15, 0.2) is 21.9 Å². The lowest BCUT2D eigenvalue weighted by molar-refractivity contribution is -0.161. The van der Waals surface area contributed by atoms with Crippen LogP contribution in [0.3, 0.4) is 0 Å². The number of ether oxygens (including phenoxy) is 7. The molecule has 1 N–H and O–H groups in total. The molecule has 2 heterocycles. The second kappa shape index (κ2) is 10.5. The maximum atomic E-state index is 12.2. The molecule has 1 saturated heterocycles. The van der Waals surface area contributed by atoms with Crippen LogP contribution >= 0.6 is 0 Å². The van der Waals surface area contributed by atoms with Crippen LogP contribution < -0.4 is 11.2 Å². The molecule has 1 fully saturated rings. The predicted octanol–water partition coefficient (Wildman–Crippen LogP) is -0.967. The van der Waals surface area contributed by atoms with Crippen molar-refractivity contribution in [3.63, 3.8) is 0 Å². The Hall–Kier alpha value is -1.60. The Balaban J connectivity index is 2.27. The van der Waals surface area contributed by atoms with Crippen molar-refractivity contribution in [2.24, 2.45) is 0 Å². The third kappa shape index (κ3) is 5.20. The zero-order valence-corrected chi connectivity index (χ0v) is 14.9. The molecule has 0 radical (unpaired) electrons. The number of rotatable bonds is 11. The van der Waals surface area contributed by atoms with Gasteiger partial charge in [-0.15, -0.1) is 0 Å². The number of methoxy groups -OCH3 is 3. The quantitative estimate of drug-likeness (QED) is 0.384. The lowest BCUT2D eigenvalue weighted by Gasteiger charge is -2.24. The van der Waals surface area contributed by atoms with E-state index in [0.717, 1.165) is 0 Å². The first kappa shape index (κ1) is 20.7. The Morgan fingerprint density at radius 3 is 2.31 bits per heavy atom. The SMILES string of the molecule is COCOC[C@H]1O[C@@H](n2ccc(=O)[nH]c2=O)[C@H](OCOC)[C@@H]1OCOC. The smallest absolute Gasteiger partial charge is 0.330 e. The first-order chi connectivity index (χ1) is 12.6. The molecule has 1 aromatic rings. The van der Waals surface area contributed by atoms with Crippen LogP contribution in [0.1, 0.15) is 6.23 Å². The summed E-state index contributed by atoms with van der Waals surface area (Å²) >= 11 is 0. The van der Waals surface area contributed by atoms with Gasteiger partial charge < -0.3 is 33.2 Å². The molecule has 2 rings (SSSR count). The number of H-pyrrole nitrogens is 1. The predicted molar refractivity (Wildman–Crippen MR) is 86.6 cm³/mol. The summed E-state index contributed by atoms with van der Waals surface area (Å²) in [7, 11) is 4.46. The molecular formula is C15H24N2O9. The fourth-order valence-electron chi connectivity index (χ4n) is 2.61. The number of aromatic nitrogens is 2. The summed E-state index contributed by atoms with van der Waals surface area (Å²) in [5.74, 6) is 0. The molecule has 0 spiro atoms. The van der Waals surface area contributed by atoms with Crippen molar-refractivity contribution in [3.05, 3.63) is 33.1 Å². The van der Waals surface area contributed by atoms with Gasteiger partial charge in [-0.1, -0.05) is 0 Å². The van der Waals surface area contributed by atoms with Crippen molar-refractivity contribution in [2.45, 2.75) is 24.5 Å². The summed E-state index contributed by atoms with van der Waals surface area (Å²) in [5.41, 5.74) is -1.14. The monoisotopic (exact) mass is 376 g/mol. The van der Waals surface area contributed by atoms with Crippen molar-refractivity contribution >= 4 is 0 Å². The molecule has 0 bridgehead atoms. The first-order valence-corrected chi connectivity index (χ1v) is 7.87. The molecular weight excluding hydrogens is 352 g/mol. The van der Waals surface area contributed by atoms with Crippen molar-refractivity contribution in [3.8, 4) is 0 Å². The number of hydrogen-bond acceptors (Lipinski definition) is 9. The highest BCUT2D eigenvalue weighted by molar-refractivity contribution is 4.94. The van der Waals surface area contributed by atoms with Crippen LogP contribution in [-0.2, 0) is 33.2 Å². The number of aromatic amines is 1. The van der Waals surface area contributed by atoms with E-state index in [-0.39, 0.29) is 27.0 Å². The van der Waals surface area contributed by atoms with Gasteiger partial charge in [-0.3, -0.25) is 14.3 Å². The van der Waals surface area contributed by atoms with Gasteiger partial charge >= 0.3 is 5.69 Å². The fourth-order valence-corrected chi connectivity index (χ4v) is 2.61. The number of hydrogen-bond donors (Lipinski definition) is 1. The van der Waals surface area contributed by atoms with Crippen LogP contribution in [-0.4, -0.2) is 76.2 Å². The zero-order chi connectivity index (χ0) is 18.9. The Kier molecular flexibility index (Phi) is 8.38. The highest BCUT2D eigenvalue weighted by Gasteiger charge is 2.48. The third-order valence-electron chi connectivity index (χ3n) is 3.65. The van der Waals surface area contributed by atoms with Gasteiger partial charge in [0.05, 0.1) is 6.61 Å². The lowest BCUT2D eigenvalue weighted by Crippen LogP contribution is -2.41. The highest BCUT2D eigenvalue weighted by atomic mass is 16.7.